The first kappa shape index (κ1) is 18.9. The largest absolute Gasteiger partial charge is 0.372 e. The summed E-state index contributed by atoms with van der Waals surface area (Å²) in [6, 6.07) is 10.1. The molecular formula is C22H28N4O2. The number of ether oxygens (including phenoxy) is 1. The molecule has 0 saturated carbocycles. The van der Waals surface area contributed by atoms with Gasteiger partial charge in [-0.3, -0.25) is 4.79 Å². The standard InChI is InChI=1S/C22H28N4O2/c1-4-20(27)25-11-10-19-18(14-25)22(26-12-15(2)28-16(3)13-26)24-21(23-19)17-8-6-5-7-9-17/h5-9,15-16H,4,10-14H2,1-3H3. The Morgan fingerprint density at radius 3 is 2.54 bits per heavy atom. The maximum atomic E-state index is 12.3. The van der Waals surface area contributed by atoms with E-state index in [9.17, 15) is 4.79 Å². The van der Waals surface area contributed by atoms with Crippen LogP contribution in [0.25, 0.3) is 11.4 Å². The summed E-state index contributed by atoms with van der Waals surface area (Å²) in [7, 11) is 0. The maximum absolute atomic E-state index is 12.3. The molecular weight excluding hydrogens is 352 g/mol. The lowest BCUT2D eigenvalue weighted by Gasteiger charge is -2.39. The lowest BCUT2D eigenvalue weighted by atomic mass is 10.0. The highest BCUT2D eigenvalue weighted by Gasteiger charge is 2.30. The van der Waals surface area contributed by atoms with Crippen molar-refractivity contribution in [3.63, 3.8) is 0 Å². The molecule has 0 N–H and O–H groups in total. The van der Waals surface area contributed by atoms with E-state index in [1.807, 2.05) is 42.2 Å². The molecule has 2 unspecified atom stereocenters. The Morgan fingerprint density at radius 2 is 1.86 bits per heavy atom. The van der Waals surface area contributed by atoms with Crippen LogP contribution in [-0.4, -0.2) is 52.6 Å². The normalized spacial score (nSPS) is 22.1. The minimum Gasteiger partial charge on any atom is -0.372 e. The first-order chi connectivity index (χ1) is 13.5. The van der Waals surface area contributed by atoms with Crippen molar-refractivity contribution in [3.8, 4) is 11.4 Å². The smallest absolute Gasteiger partial charge is 0.222 e. The van der Waals surface area contributed by atoms with Gasteiger partial charge in [-0.15, -0.1) is 0 Å². The summed E-state index contributed by atoms with van der Waals surface area (Å²) in [6.45, 7) is 9.02. The Morgan fingerprint density at radius 1 is 1.14 bits per heavy atom. The molecule has 0 spiro atoms. The monoisotopic (exact) mass is 380 g/mol. The molecule has 0 bridgehead atoms. The van der Waals surface area contributed by atoms with Crippen molar-refractivity contribution in [2.24, 2.45) is 0 Å². The lowest BCUT2D eigenvalue weighted by molar-refractivity contribution is -0.131. The van der Waals surface area contributed by atoms with Gasteiger partial charge in [0.1, 0.15) is 5.82 Å². The highest BCUT2D eigenvalue weighted by molar-refractivity contribution is 5.76. The number of hydrogen-bond acceptors (Lipinski definition) is 5. The number of hydrogen-bond donors (Lipinski definition) is 0. The van der Waals surface area contributed by atoms with Gasteiger partial charge in [0, 0.05) is 43.6 Å². The molecule has 6 nitrogen and oxygen atoms in total. The third-order valence-corrected chi connectivity index (χ3v) is 5.44. The van der Waals surface area contributed by atoms with E-state index in [1.54, 1.807) is 0 Å². The zero-order chi connectivity index (χ0) is 19.7. The van der Waals surface area contributed by atoms with Gasteiger partial charge in [-0.1, -0.05) is 37.3 Å². The van der Waals surface area contributed by atoms with Crippen molar-refractivity contribution in [1.82, 2.24) is 14.9 Å². The summed E-state index contributed by atoms with van der Waals surface area (Å²) in [6.07, 6.45) is 1.59. The summed E-state index contributed by atoms with van der Waals surface area (Å²) < 4.78 is 5.92. The minimum atomic E-state index is 0.145. The van der Waals surface area contributed by atoms with Crippen LogP contribution >= 0.6 is 0 Å². The molecule has 1 saturated heterocycles. The number of aromatic nitrogens is 2. The topological polar surface area (TPSA) is 58.6 Å². The Balaban J connectivity index is 1.78. The molecule has 2 aromatic rings. The Hall–Kier alpha value is -2.47. The van der Waals surface area contributed by atoms with Crippen LogP contribution < -0.4 is 4.90 Å². The number of amides is 1. The Kier molecular flexibility index (Phi) is 5.31. The zero-order valence-corrected chi connectivity index (χ0v) is 16.9. The Labute approximate surface area is 166 Å². The van der Waals surface area contributed by atoms with E-state index >= 15 is 0 Å². The minimum absolute atomic E-state index is 0.145. The number of nitrogens with zero attached hydrogens (tertiary/aromatic N) is 4. The molecule has 6 heteroatoms. The average Bonchev–Trinajstić information content (AvgIpc) is 2.72. The second kappa shape index (κ2) is 7.87. The zero-order valence-electron chi connectivity index (χ0n) is 16.9. The number of carbonyl (C=O) groups is 1. The van der Waals surface area contributed by atoms with Gasteiger partial charge in [-0.2, -0.15) is 0 Å². The van der Waals surface area contributed by atoms with Crippen molar-refractivity contribution >= 4 is 11.7 Å². The van der Waals surface area contributed by atoms with E-state index in [-0.39, 0.29) is 18.1 Å². The molecule has 1 aromatic carbocycles. The summed E-state index contributed by atoms with van der Waals surface area (Å²) in [5.74, 6) is 1.91. The van der Waals surface area contributed by atoms with Crippen LogP contribution in [0.5, 0.6) is 0 Å². The van der Waals surface area contributed by atoms with Crippen molar-refractivity contribution in [1.29, 1.82) is 0 Å². The van der Waals surface area contributed by atoms with Crippen LogP contribution in [0.2, 0.25) is 0 Å². The van der Waals surface area contributed by atoms with Gasteiger partial charge in [0.2, 0.25) is 5.91 Å². The molecule has 148 valence electrons. The lowest BCUT2D eigenvalue weighted by Crippen LogP contribution is -2.47. The molecule has 1 amide bonds. The fraction of sp³-hybridized carbons (Fsp3) is 0.500. The SMILES string of the molecule is CCC(=O)N1CCc2nc(-c3ccccc3)nc(N3CC(C)OC(C)C3)c2C1. The highest BCUT2D eigenvalue weighted by Crippen LogP contribution is 2.31. The van der Waals surface area contributed by atoms with Gasteiger partial charge in [-0.05, 0) is 13.8 Å². The van der Waals surface area contributed by atoms with E-state index in [2.05, 4.69) is 18.7 Å². The van der Waals surface area contributed by atoms with Crippen LogP contribution in [0.1, 0.15) is 38.4 Å². The molecule has 1 fully saturated rings. The number of carbonyl (C=O) groups excluding carboxylic acids is 1. The van der Waals surface area contributed by atoms with Gasteiger partial charge in [-0.25, -0.2) is 9.97 Å². The predicted octanol–water partition coefficient (Wildman–Crippen LogP) is 3.05. The third kappa shape index (κ3) is 3.74. The number of benzene rings is 1. The molecule has 2 aliphatic rings. The van der Waals surface area contributed by atoms with Crippen molar-refractivity contribution < 1.29 is 9.53 Å². The van der Waals surface area contributed by atoms with Gasteiger partial charge >= 0.3 is 0 Å². The molecule has 1 aromatic heterocycles. The molecule has 28 heavy (non-hydrogen) atoms. The van der Waals surface area contributed by atoms with Gasteiger partial charge in [0.05, 0.1) is 24.4 Å². The van der Waals surface area contributed by atoms with Gasteiger partial charge < -0.3 is 14.5 Å². The number of rotatable bonds is 3. The third-order valence-electron chi connectivity index (χ3n) is 5.44. The van der Waals surface area contributed by atoms with E-state index in [0.29, 0.717) is 13.0 Å². The molecule has 0 radical (unpaired) electrons. The van der Waals surface area contributed by atoms with Crippen LogP contribution in [0.4, 0.5) is 5.82 Å². The first-order valence-electron chi connectivity index (χ1n) is 10.2. The van der Waals surface area contributed by atoms with E-state index < -0.39 is 0 Å². The summed E-state index contributed by atoms with van der Waals surface area (Å²) in [5, 5.41) is 0. The summed E-state index contributed by atoms with van der Waals surface area (Å²) in [4.78, 5) is 26.4. The second-order valence-corrected chi connectivity index (χ2v) is 7.74. The van der Waals surface area contributed by atoms with E-state index in [1.165, 1.54) is 0 Å². The summed E-state index contributed by atoms with van der Waals surface area (Å²) >= 11 is 0. The molecule has 4 rings (SSSR count). The molecule has 2 atom stereocenters. The second-order valence-electron chi connectivity index (χ2n) is 7.74. The van der Waals surface area contributed by atoms with Crippen LogP contribution in [0.15, 0.2) is 30.3 Å². The first-order valence-corrected chi connectivity index (χ1v) is 10.2. The van der Waals surface area contributed by atoms with Gasteiger partial charge in [0.25, 0.3) is 0 Å². The van der Waals surface area contributed by atoms with Gasteiger partial charge in [0.15, 0.2) is 5.82 Å². The molecule has 0 aliphatic carbocycles. The maximum Gasteiger partial charge on any atom is 0.222 e. The van der Waals surface area contributed by atoms with Crippen LogP contribution in [-0.2, 0) is 22.5 Å². The van der Waals surface area contributed by atoms with Crippen molar-refractivity contribution in [2.75, 3.05) is 24.5 Å². The predicted molar refractivity (Wildman–Crippen MR) is 109 cm³/mol. The quantitative estimate of drug-likeness (QED) is 0.819. The number of anilines is 1. The van der Waals surface area contributed by atoms with E-state index in [0.717, 1.165) is 54.5 Å². The fourth-order valence-electron chi connectivity index (χ4n) is 4.16. The van der Waals surface area contributed by atoms with Crippen LogP contribution in [0.3, 0.4) is 0 Å². The van der Waals surface area contributed by atoms with Crippen LogP contribution in [0, 0.1) is 0 Å². The van der Waals surface area contributed by atoms with E-state index in [4.69, 9.17) is 14.7 Å². The number of fused-ring (bicyclic) bond motifs is 1. The fourth-order valence-corrected chi connectivity index (χ4v) is 4.16. The molecule has 3 heterocycles. The molecule has 2 aliphatic heterocycles. The summed E-state index contributed by atoms with van der Waals surface area (Å²) in [5.41, 5.74) is 3.18. The Bertz CT molecular complexity index is 845. The highest BCUT2D eigenvalue weighted by atomic mass is 16.5. The van der Waals surface area contributed by atoms with Crippen molar-refractivity contribution in [2.45, 2.75) is 52.4 Å². The number of morpholine rings is 1. The average molecular weight is 380 g/mol. The van der Waals surface area contributed by atoms with Crippen molar-refractivity contribution in [3.05, 3.63) is 41.6 Å².